The van der Waals surface area contributed by atoms with Crippen molar-refractivity contribution in [1.29, 1.82) is 0 Å². The van der Waals surface area contributed by atoms with Crippen molar-refractivity contribution in [2.24, 2.45) is 0 Å². The fourth-order valence-electron chi connectivity index (χ4n) is 1.39. The molecule has 0 unspecified atom stereocenters. The zero-order chi connectivity index (χ0) is 14.5. The maximum absolute atomic E-state index is 13.6. The lowest BCUT2D eigenvalue weighted by atomic mass is 10.1. The highest BCUT2D eigenvalue weighted by Crippen LogP contribution is 2.20. The van der Waals surface area contributed by atoms with Gasteiger partial charge in [0.2, 0.25) is 0 Å². The van der Waals surface area contributed by atoms with Gasteiger partial charge >= 0.3 is 6.18 Å². The van der Waals surface area contributed by atoms with Crippen molar-refractivity contribution in [1.82, 2.24) is 0 Å². The topological polar surface area (TPSA) is 35.5 Å². The Labute approximate surface area is 107 Å². The predicted molar refractivity (Wildman–Crippen MR) is 58.5 cm³/mol. The zero-order valence-corrected chi connectivity index (χ0v) is 10.1. The summed E-state index contributed by atoms with van der Waals surface area (Å²) in [6, 6.07) is 4.23. The number of alkyl halides is 3. The van der Waals surface area contributed by atoms with Crippen molar-refractivity contribution in [3.8, 4) is 5.75 Å². The van der Waals surface area contributed by atoms with Gasteiger partial charge in [-0.1, -0.05) is 12.1 Å². The third kappa shape index (κ3) is 5.25. The van der Waals surface area contributed by atoms with E-state index in [1.165, 1.54) is 25.3 Å². The SMILES string of the molecule is COc1cccc(CC(=O)COCC(F)(F)F)c1F. The van der Waals surface area contributed by atoms with Crippen LogP contribution in [0.1, 0.15) is 5.56 Å². The average molecular weight is 280 g/mol. The number of methoxy groups -OCH3 is 1. The Hall–Kier alpha value is -1.63. The Balaban J connectivity index is 2.53. The molecule has 106 valence electrons. The Morgan fingerprint density at radius 2 is 2.00 bits per heavy atom. The number of carbonyl (C=O) groups is 1. The first-order chi connectivity index (χ1) is 8.83. The maximum Gasteiger partial charge on any atom is 0.411 e. The summed E-state index contributed by atoms with van der Waals surface area (Å²) in [5.74, 6) is -1.37. The fraction of sp³-hybridized carbons (Fsp3) is 0.417. The summed E-state index contributed by atoms with van der Waals surface area (Å²) in [6.45, 7) is -2.21. The van der Waals surface area contributed by atoms with Crippen LogP contribution in [-0.4, -0.2) is 32.3 Å². The number of hydrogen-bond acceptors (Lipinski definition) is 3. The van der Waals surface area contributed by atoms with Crippen LogP contribution in [0.4, 0.5) is 17.6 Å². The molecule has 0 radical (unpaired) electrons. The van der Waals surface area contributed by atoms with E-state index < -0.39 is 31.0 Å². The normalized spacial score (nSPS) is 11.4. The smallest absolute Gasteiger partial charge is 0.411 e. The van der Waals surface area contributed by atoms with Crippen LogP contribution < -0.4 is 4.74 Å². The second-order valence-electron chi connectivity index (χ2n) is 3.76. The highest BCUT2D eigenvalue weighted by molar-refractivity contribution is 5.82. The minimum Gasteiger partial charge on any atom is -0.494 e. The van der Waals surface area contributed by atoms with Gasteiger partial charge < -0.3 is 9.47 Å². The summed E-state index contributed by atoms with van der Waals surface area (Å²) >= 11 is 0. The van der Waals surface area contributed by atoms with E-state index in [0.29, 0.717) is 0 Å². The highest BCUT2D eigenvalue weighted by Gasteiger charge is 2.27. The second kappa shape index (κ2) is 6.51. The van der Waals surface area contributed by atoms with Gasteiger partial charge in [-0.25, -0.2) is 4.39 Å². The second-order valence-corrected chi connectivity index (χ2v) is 3.76. The van der Waals surface area contributed by atoms with E-state index >= 15 is 0 Å². The summed E-state index contributed by atoms with van der Waals surface area (Å²) in [5, 5.41) is 0. The lowest BCUT2D eigenvalue weighted by Gasteiger charge is -2.08. The average Bonchev–Trinajstić information content (AvgIpc) is 2.30. The van der Waals surface area contributed by atoms with Gasteiger partial charge in [0.1, 0.15) is 13.2 Å². The molecule has 1 aromatic rings. The van der Waals surface area contributed by atoms with Gasteiger partial charge in [-0.2, -0.15) is 13.2 Å². The molecule has 0 saturated heterocycles. The molecule has 0 saturated carbocycles. The first kappa shape index (κ1) is 15.4. The molecule has 0 heterocycles. The predicted octanol–water partition coefficient (Wildman–Crippen LogP) is 2.52. The molecule has 7 heteroatoms. The van der Waals surface area contributed by atoms with Crippen LogP contribution in [0.25, 0.3) is 0 Å². The number of ketones is 1. The summed E-state index contributed by atoms with van der Waals surface area (Å²) in [7, 11) is 1.27. The Morgan fingerprint density at radius 1 is 1.32 bits per heavy atom. The van der Waals surface area contributed by atoms with E-state index in [4.69, 9.17) is 4.74 Å². The molecule has 0 bridgehead atoms. The highest BCUT2D eigenvalue weighted by atomic mass is 19.4. The van der Waals surface area contributed by atoms with Gasteiger partial charge in [0.15, 0.2) is 17.3 Å². The van der Waals surface area contributed by atoms with Crippen LogP contribution in [0, 0.1) is 5.82 Å². The van der Waals surface area contributed by atoms with E-state index in [1.807, 2.05) is 0 Å². The van der Waals surface area contributed by atoms with E-state index in [0.717, 1.165) is 0 Å². The molecule has 1 rings (SSSR count). The van der Waals surface area contributed by atoms with Crippen LogP contribution in [0.5, 0.6) is 5.75 Å². The molecule has 0 aliphatic heterocycles. The largest absolute Gasteiger partial charge is 0.494 e. The molecule has 0 aliphatic rings. The van der Waals surface area contributed by atoms with Gasteiger partial charge in [-0.3, -0.25) is 4.79 Å². The summed E-state index contributed by atoms with van der Waals surface area (Å²) in [4.78, 5) is 11.4. The van der Waals surface area contributed by atoms with Gasteiger partial charge in [0, 0.05) is 6.42 Å². The third-order valence-electron chi connectivity index (χ3n) is 2.18. The van der Waals surface area contributed by atoms with Gasteiger partial charge in [0.25, 0.3) is 0 Å². The van der Waals surface area contributed by atoms with Crippen LogP contribution in [0.3, 0.4) is 0 Å². The standard InChI is InChI=1S/C12H12F4O3/c1-18-10-4-2-3-8(11(10)13)5-9(17)6-19-7-12(14,15)16/h2-4H,5-7H2,1H3. The Bertz CT molecular complexity index is 443. The number of ether oxygens (including phenoxy) is 2. The van der Waals surface area contributed by atoms with Crippen molar-refractivity contribution < 1.29 is 31.8 Å². The minimum atomic E-state index is -4.48. The molecule has 19 heavy (non-hydrogen) atoms. The van der Waals surface area contributed by atoms with E-state index in [2.05, 4.69) is 4.74 Å². The molecule has 0 atom stereocenters. The molecule has 0 N–H and O–H groups in total. The molecule has 1 aromatic carbocycles. The third-order valence-corrected chi connectivity index (χ3v) is 2.18. The quantitative estimate of drug-likeness (QED) is 0.751. The van der Waals surface area contributed by atoms with Crippen LogP contribution in [-0.2, 0) is 16.0 Å². The number of Topliss-reactive ketones (excluding diaryl/α,β-unsaturated/α-hetero) is 1. The molecule has 0 fully saturated rings. The van der Waals surface area contributed by atoms with Crippen molar-refractivity contribution >= 4 is 5.78 Å². The number of carbonyl (C=O) groups excluding carboxylic acids is 1. The number of rotatable bonds is 6. The summed E-state index contributed by atoms with van der Waals surface area (Å²) in [5.41, 5.74) is 0.0555. The molecule has 0 amide bonds. The van der Waals surface area contributed by atoms with Gasteiger partial charge in [-0.05, 0) is 11.6 Å². The minimum absolute atomic E-state index is 0.0264. The molecular weight excluding hydrogens is 268 g/mol. The molecule has 0 spiro atoms. The van der Waals surface area contributed by atoms with Crippen molar-refractivity contribution in [2.75, 3.05) is 20.3 Å². The van der Waals surface area contributed by atoms with Crippen molar-refractivity contribution in [3.63, 3.8) is 0 Å². The zero-order valence-electron chi connectivity index (χ0n) is 10.1. The summed E-state index contributed by atoms with van der Waals surface area (Å²) < 4.78 is 57.9. The van der Waals surface area contributed by atoms with E-state index in [9.17, 15) is 22.4 Å². The van der Waals surface area contributed by atoms with Crippen LogP contribution >= 0.6 is 0 Å². The molecule has 3 nitrogen and oxygen atoms in total. The number of hydrogen-bond donors (Lipinski definition) is 0. The molecule has 0 aliphatic carbocycles. The molecule has 0 aromatic heterocycles. The number of halogens is 4. The van der Waals surface area contributed by atoms with E-state index in [1.54, 1.807) is 0 Å². The van der Waals surface area contributed by atoms with Crippen LogP contribution in [0.2, 0.25) is 0 Å². The Kier molecular flexibility index (Phi) is 5.29. The lowest BCUT2D eigenvalue weighted by Crippen LogP contribution is -2.21. The van der Waals surface area contributed by atoms with Gasteiger partial charge in [0.05, 0.1) is 7.11 Å². The Morgan fingerprint density at radius 3 is 2.58 bits per heavy atom. The van der Waals surface area contributed by atoms with E-state index in [-0.39, 0.29) is 17.7 Å². The maximum atomic E-state index is 13.6. The van der Waals surface area contributed by atoms with Crippen LogP contribution in [0.15, 0.2) is 18.2 Å². The first-order valence-corrected chi connectivity index (χ1v) is 5.31. The van der Waals surface area contributed by atoms with Gasteiger partial charge in [-0.15, -0.1) is 0 Å². The van der Waals surface area contributed by atoms with Crippen molar-refractivity contribution in [3.05, 3.63) is 29.6 Å². The fourth-order valence-corrected chi connectivity index (χ4v) is 1.39. The first-order valence-electron chi connectivity index (χ1n) is 5.31. The lowest BCUT2D eigenvalue weighted by molar-refractivity contribution is -0.175. The monoisotopic (exact) mass is 280 g/mol. The molecular formula is C12H12F4O3. The summed E-state index contributed by atoms with van der Waals surface area (Å²) in [6.07, 6.45) is -4.83. The number of benzene rings is 1. The van der Waals surface area contributed by atoms with Crippen molar-refractivity contribution in [2.45, 2.75) is 12.6 Å².